The van der Waals surface area contributed by atoms with E-state index in [-0.39, 0.29) is 17.0 Å². The summed E-state index contributed by atoms with van der Waals surface area (Å²) in [5, 5.41) is 10.6. The van der Waals surface area contributed by atoms with Crippen molar-refractivity contribution in [1.29, 1.82) is 0 Å². The Bertz CT molecular complexity index is 1110. The number of rotatable bonds is 3. The predicted molar refractivity (Wildman–Crippen MR) is 97.3 cm³/mol. The molecule has 0 radical (unpaired) electrons. The SMILES string of the molecule is CC(=Nc1cccc(F)c1)c1c(O)n(-c2ccc(C)cc2)c(=O)[nH]c1=O. The maximum Gasteiger partial charge on any atom is 0.335 e. The van der Waals surface area contributed by atoms with Crippen molar-refractivity contribution in [3.8, 4) is 11.6 Å². The van der Waals surface area contributed by atoms with Crippen LogP contribution < -0.4 is 11.2 Å². The summed E-state index contributed by atoms with van der Waals surface area (Å²) in [5.41, 5.74) is 0.121. The Morgan fingerprint density at radius 2 is 1.85 bits per heavy atom. The van der Waals surface area contributed by atoms with Crippen LogP contribution >= 0.6 is 0 Å². The first-order chi connectivity index (χ1) is 12.4. The lowest BCUT2D eigenvalue weighted by molar-refractivity contribution is 0.430. The molecule has 0 saturated heterocycles. The van der Waals surface area contributed by atoms with E-state index in [2.05, 4.69) is 9.98 Å². The first-order valence-corrected chi connectivity index (χ1v) is 7.83. The quantitative estimate of drug-likeness (QED) is 0.710. The number of nitrogens with zero attached hydrogens (tertiary/aromatic N) is 2. The van der Waals surface area contributed by atoms with Gasteiger partial charge < -0.3 is 5.11 Å². The zero-order valence-electron chi connectivity index (χ0n) is 14.2. The van der Waals surface area contributed by atoms with E-state index < -0.39 is 22.9 Å². The van der Waals surface area contributed by atoms with Crippen molar-refractivity contribution in [2.45, 2.75) is 13.8 Å². The number of aryl methyl sites for hydroxylation is 1. The van der Waals surface area contributed by atoms with Crippen LogP contribution in [0.3, 0.4) is 0 Å². The minimum atomic E-state index is -0.770. The van der Waals surface area contributed by atoms with Gasteiger partial charge in [-0.3, -0.25) is 14.8 Å². The van der Waals surface area contributed by atoms with E-state index in [1.807, 2.05) is 6.92 Å². The second-order valence-electron chi connectivity index (χ2n) is 5.81. The predicted octanol–water partition coefficient (Wildman–Crippen LogP) is 2.82. The van der Waals surface area contributed by atoms with Crippen molar-refractivity contribution in [1.82, 2.24) is 9.55 Å². The molecule has 1 heterocycles. The minimum absolute atomic E-state index is 0.148. The molecule has 0 spiro atoms. The summed E-state index contributed by atoms with van der Waals surface area (Å²) >= 11 is 0. The van der Waals surface area contributed by atoms with Crippen molar-refractivity contribution < 1.29 is 9.50 Å². The highest BCUT2D eigenvalue weighted by Gasteiger charge is 2.18. The lowest BCUT2D eigenvalue weighted by Gasteiger charge is -2.11. The Kier molecular flexibility index (Phi) is 4.53. The van der Waals surface area contributed by atoms with Gasteiger partial charge in [-0.1, -0.05) is 23.8 Å². The van der Waals surface area contributed by atoms with Gasteiger partial charge in [-0.05, 0) is 44.2 Å². The Balaban J connectivity index is 2.19. The smallest absolute Gasteiger partial charge is 0.335 e. The molecule has 1 aromatic heterocycles. The Morgan fingerprint density at radius 1 is 1.15 bits per heavy atom. The van der Waals surface area contributed by atoms with Crippen LogP contribution in [0.4, 0.5) is 10.1 Å². The molecule has 0 aliphatic carbocycles. The summed E-state index contributed by atoms with van der Waals surface area (Å²) in [5.74, 6) is -0.998. The van der Waals surface area contributed by atoms with E-state index in [9.17, 15) is 19.1 Å². The molecule has 0 saturated carbocycles. The van der Waals surface area contributed by atoms with E-state index in [0.29, 0.717) is 5.69 Å². The molecule has 3 aromatic rings. The molecule has 7 heteroatoms. The van der Waals surface area contributed by atoms with Gasteiger partial charge >= 0.3 is 5.69 Å². The molecular weight excluding hydrogens is 337 g/mol. The van der Waals surface area contributed by atoms with Gasteiger partial charge in [0.05, 0.1) is 17.1 Å². The average Bonchev–Trinajstić information content (AvgIpc) is 2.56. The molecule has 132 valence electrons. The molecule has 2 N–H and O–H groups in total. The molecule has 26 heavy (non-hydrogen) atoms. The molecule has 2 aromatic carbocycles. The molecule has 0 unspecified atom stereocenters. The molecule has 0 bridgehead atoms. The summed E-state index contributed by atoms with van der Waals surface area (Å²) < 4.78 is 14.3. The number of benzene rings is 2. The highest BCUT2D eigenvalue weighted by molar-refractivity contribution is 6.01. The van der Waals surface area contributed by atoms with E-state index in [1.54, 1.807) is 30.3 Å². The maximum atomic E-state index is 13.3. The Hall–Kier alpha value is -3.48. The highest BCUT2D eigenvalue weighted by Crippen LogP contribution is 2.20. The van der Waals surface area contributed by atoms with E-state index in [4.69, 9.17) is 0 Å². The molecule has 0 fully saturated rings. The fraction of sp³-hybridized carbons (Fsp3) is 0.105. The molecule has 0 amide bonds. The van der Waals surface area contributed by atoms with Crippen molar-refractivity contribution in [3.05, 3.63) is 86.3 Å². The van der Waals surface area contributed by atoms with Crippen LogP contribution in [0.2, 0.25) is 0 Å². The number of aromatic hydroxyl groups is 1. The van der Waals surface area contributed by atoms with Crippen LogP contribution in [0.25, 0.3) is 5.69 Å². The average molecular weight is 353 g/mol. The van der Waals surface area contributed by atoms with Crippen molar-refractivity contribution >= 4 is 11.4 Å². The third-order valence-electron chi connectivity index (χ3n) is 3.85. The minimum Gasteiger partial charge on any atom is -0.493 e. The lowest BCUT2D eigenvalue weighted by Crippen LogP contribution is -2.32. The van der Waals surface area contributed by atoms with Gasteiger partial charge in [0.2, 0.25) is 5.88 Å². The number of hydrogen-bond donors (Lipinski definition) is 2. The summed E-state index contributed by atoms with van der Waals surface area (Å²) in [6, 6.07) is 12.4. The van der Waals surface area contributed by atoms with Crippen molar-refractivity contribution in [2.75, 3.05) is 0 Å². The third-order valence-corrected chi connectivity index (χ3v) is 3.85. The van der Waals surface area contributed by atoms with Crippen LogP contribution in [0, 0.1) is 12.7 Å². The fourth-order valence-corrected chi connectivity index (χ4v) is 2.58. The summed E-state index contributed by atoms with van der Waals surface area (Å²) in [7, 11) is 0. The lowest BCUT2D eigenvalue weighted by atomic mass is 10.2. The van der Waals surface area contributed by atoms with Crippen LogP contribution in [0.5, 0.6) is 5.88 Å². The number of hydrogen-bond acceptors (Lipinski definition) is 4. The molecule has 6 nitrogen and oxygen atoms in total. The number of H-pyrrole nitrogens is 1. The van der Waals surface area contributed by atoms with Gasteiger partial charge in [-0.2, -0.15) is 0 Å². The van der Waals surface area contributed by atoms with Crippen LogP contribution in [0.1, 0.15) is 18.1 Å². The number of aromatic nitrogens is 2. The zero-order valence-corrected chi connectivity index (χ0v) is 14.2. The van der Waals surface area contributed by atoms with E-state index in [0.717, 1.165) is 10.1 Å². The first kappa shape index (κ1) is 17.3. The topological polar surface area (TPSA) is 87.4 Å². The Labute approximate surface area is 147 Å². The van der Waals surface area contributed by atoms with Gasteiger partial charge in [-0.25, -0.2) is 13.8 Å². The fourth-order valence-electron chi connectivity index (χ4n) is 2.58. The van der Waals surface area contributed by atoms with Crippen molar-refractivity contribution in [2.24, 2.45) is 4.99 Å². The molecule has 3 rings (SSSR count). The number of aliphatic imine (C=N–C) groups is 1. The van der Waals surface area contributed by atoms with Crippen LogP contribution in [-0.2, 0) is 0 Å². The van der Waals surface area contributed by atoms with Crippen molar-refractivity contribution in [3.63, 3.8) is 0 Å². The largest absolute Gasteiger partial charge is 0.493 e. The normalized spacial score (nSPS) is 11.6. The first-order valence-electron chi connectivity index (χ1n) is 7.83. The van der Waals surface area contributed by atoms with E-state index >= 15 is 0 Å². The van der Waals surface area contributed by atoms with Gasteiger partial charge in [0.15, 0.2) is 0 Å². The second-order valence-corrected chi connectivity index (χ2v) is 5.81. The monoisotopic (exact) mass is 353 g/mol. The van der Waals surface area contributed by atoms with Gasteiger partial charge in [0.25, 0.3) is 5.56 Å². The maximum absolute atomic E-state index is 13.3. The summed E-state index contributed by atoms with van der Waals surface area (Å²) in [6.45, 7) is 3.39. The molecule has 0 atom stereocenters. The summed E-state index contributed by atoms with van der Waals surface area (Å²) in [6.07, 6.45) is 0. The van der Waals surface area contributed by atoms with Gasteiger partial charge in [0, 0.05) is 0 Å². The van der Waals surface area contributed by atoms with Gasteiger partial charge in [-0.15, -0.1) is 0 Å². The zero-order chi connectivity index (χ0) is 18.8. The number of aromatic amines is 1. The van der Waals surface area contributed by atoms with E-state index in [1.165, 1.54) is 25.1 Å². The number of halogens is 1. The highest BCUT2D eigenvalue weighted by atomic mass is 19.1. The second kappa shape index (κ2) is 6.79. The van der Waals surface area contributed by atoms with Gasteiger partial charge in [0.1, 0.15) is 11.4 Å². The molecular formula is C19H16FN3O3. The Morgan fingerprint density at radius 3 is 2.50 bits per heavy atom. The number of nitrogens with one attached hydrogen (secondary N) is 1. The molecule has 0 aliphatic rings. The summed E-state index contributed by atoms with van der Waals surface area (Å²) in [4.78, 5) is 30.7. The third kappa shape index (κ3) is 3.32. The van der Waals surface area contributed by atoms with Crippen LogP contribution in [0.15, 0.2) is 63.1 Å². The molecule has 0 aliphatic heterocycles. The standard InChI is InChI=1S/C19H16FN3O3/c1-11-6-8-15(9-7-11)23-18(25)16(17(24)22-19(23)26)12(2)21-14-5-3-4-13(20)10-14/h3-10,25H,1-2H3,(H,22,24,26). The van der Waals surface area contributed by atoms with Crippen LogP contribution in [-0.4, -0.2) is 20.4 Å².